The Balaban J connectivity index is 1.41. The van der Waals surface area contributed by atoms with Gasteiger partial charge in [0.05, 0.1) is 42.4 Å². The third-order valence-electron chi connectivity index (χ3n) is 5.56. The number of aromatic nitrogens is 7. The Morgan fingerprint density at radius 1 is 1.15 bits per heavy atom. The molecule has 0 saturated carbocycles. The van der Waals surface area contributed by atoms with Crippen LogP contribution in [0.3, 0.4) is 0 Å². The molecule has 0 aliphatic carbocycles. The lowest BCUT2D eigenvalue weighted by Gasteiger charge is -2.33. The minimum absolute atomic E-state index is 0.00198. The highest BCUT2D eigenvalue weighted by Crippen LogP contribution is 2.28. The smallest absolute Gasteiger partial charge is 0.193 e. The van der Waals surface area contributed by atoms with E-state index in [9.17, 15) is 4.79 Å². The van der Waals surface area contributed by atoms with E-state index in [0.29, 0.717) is 40.4 Å². The standard InChI is InChI=1S/C21H20Cl2N8O2/c1-29-4-5-33-12-17(29)20-14(11-24-19-9-18(23)28-30(19)20)8-15(32)6-13-7-16(22)21(25-10-13)31-26-2-3-27-31/h2-3,7,9-11,17H,4-6,8,12H2,1H3. The second-order valence-electron chi connectivity index (χ2n) is 7.84. The van der Waals surface area contributed by atoms with Gasteiger partial charge in [-0.15, -0.1) is 4.80 Å². The van der Waals surface area contributed by atoms with Gasteiger partial charge in [0.25, 0.3) is 0 Å². The SMILES string of the molecule is CN1CCOCC1c1c(CC(=O)Cc2cnc(-n3nccn3)c(Cl)c2)cnc2cc(Cl)nn12. The van der Waals surface area contributed by atoms with Gasteiger partial charge in [0.2, 0.25) is 0 Å². The zero-order chi connectivity index (χ0) is 22.9. The highest BCUT2D eigenvalue weighted by molar-refractivity contribution is 6.32. The monoisotopic (exact) mass is 486 g/mol. The summed E-state index contributed by atoms with van der Waals surface area (Å²) in [5.74, 6) is 0.406. The number of carbonyl (C=O) groups excluding carboxylic acids is 1. The maximum atomic E-state index is 13.0. The van der Waals surface area contributed by atoms with Gasteiger partial charge in [0.15, 0.2) is 16.6 Å². The summed E-state index contributed by atoms with van der Waals surface area (Å²) < 4.78 is 7.43. The predicted molar refractivity (Wildman–Crippen MR) is 121 cm³/mol. The van der Waals surface area contributed by atoms with Crippen molar-refractivity contribution in [2.75, 3.05) is 26.8 Å². The van der Waals surface area contributed by atoms with Crippen molar-refractivity contribution in [1.82, 2.24) is 39.5 Å². The molecule has 1 fully saturated rings. The fourth-order valence-corrected chi connectivity index (χ4v) is 4.40. The summed E-state index contributed by atoms with van der Waals surface area (Å²) in [6.45, 7) is 1.93. The van der Waals surface area contributed by atoms with Gasteiger partial charge >= 0.3 is 0 Å². The van der Waals surface area contributed by atoms with Crippen molar-refractivity contribution in [3.8, 4) is 5.82 Å². The van der Waals surface area contributed by atoms with Crippen LogP contribution in [0, 0.1) is 0 Å². The Morgan fingerprint density at radius 2 is 1.97 bits per heavy atom. The highest BCUT2D eigenvalue weighted by atomic mass is 35.5. The van der Waals surface area contributed by atoms with Crippen LogP contribution in [-0.4, -0.2) is 72.1 Å². The number of ether oxygens (including phenoxy) is 1. The van der Waals surface area contributed by atoms with Crippen LogP contribution < -0.4 is 0 Å². The van der Waals surface area contributed by atoms with Gasteiger partial charge in [0, 0.05) is 43.4 Å². The summed E-state index contributed by atoms with van der Waals surface area (Å²) in [6.07, 6.45) is 6.77. The van der Waals surface area contributed by atoms with E-state index in [-0.39, 0.29) is 24.7 Å². The summed E-state index contributed by atoms with van der Waals surface area (Å²) in [6, 6.07) is 3.34. The first-order valence-corrected chi connectivity index (χ1v) is 11.1. The number of rotatable bonds is 6. The highest BCUT2D eigenvalue weighted by Gasteiger charge is 2.28. The molecule has 10 nitrogen and oxygen atoms in total. The van der Waals surface area contributed by atoms with Crippen molar-refractivity contribution in [3.63, 3.8) is 0 Å². The maximum absolute atomic E-state index is 13.0. The zero-order valence-electron chi connectivity index (χ0n) is 17.7. The number of Topliss-reactive ketones (excluding diaryl/α,β-unsaturated/α-hetero) is 1. The van der Waals surface area contributed by atoms with Crippen molar-refractivity contribution < 1.29 is 9.53 Å². The normalized spacial score (nSPS) is 17.0. The van der Waals surface area contributed by atoms with E-state index in [1.54, 1.807) is 41.4 Å². The molecule has 1 aliphatic rings. The summed E-state index contributed by atoms with van der Waals surface area (Å²) in [5, 5.41) is 13.2. The first-order chi connectivity index (χ1) is 16.0. The number of likely N-dealkylation sites (N-methyl/N-ethyl adjacent to an activating group) is 1. The molecule has 0 N–H and O–H groups in total. The van der Waals surface area contributed by atoms with Gasteiger partial charge in [-0.2, -0.15) is 15.3 Å². The molecule has 1 saturated heterocycles. The van der Waals surface area contributed by atoms with Crippen molar-refractivity contribution >= 4 is 34.6 Å². The number of hydrogen-bond donors (Lipinski definition) is 0. The van der Waals surface area contributed by atoms with Gasteiger partial charge in [-0.1, -0.05) is 23.2 Å². The molecule has 0 bridgehead atoms. The Bertz CT molecular complexity index is 1310. The number of halogens is 2. The molecule has 0 spiro atoms. The third kappa shape index (κ3) is 4.47. The summed E-state index contributed by atoms with van der Waals surface area (Å²) in [7, 11) is 2.03. The van der Waals surface area contributed by atoms with Gasteiger partial charge in [-0.05, 0) is 18.7 Å². The van der Waals surface area contributed by atoms with Crippen LogP contribution in [-0.2, 0) is 22.4 Å². The molecule has 1 aliphatic heterocycles. The largest absolute Gasteiger partial charge is 0.378 e. The molecule has 5 heterocycles. The van der Waals surface area contributed by atoms with Crippen LogP contribution in [0.25, 0.3) is 11.5 Å². The van der Waals surface area contributed by atoms with Crippen molar-refractivity contribution in [2.45, 2.75) is 18.9 Å². The fraction of sp³-hybridized carbons (Fsp3) is 0.333. The molecule has 12 heteroatoms. The molecule has 4 aromatic heterocycles. The van der Waals surface area contributed by atoms with Crippen molar-refractivity contribution in [2.24, 2.45) is 0 Å². The van der Waals surface area contributed by atoms with E-state index in [4.69, 9.17) is 27.9 Å². The Kier molecular flexibility index (Phi) is 6.07. The number of fused-ring (bicyclic) bond motifs is 1. The number of ketones is 1. The Labute approximate surface area is 199 Å². The van der Waals surface area contributed by atoms with Gasteiger partial charge in [0.1, 0.15) is 5.78 Å². The number of hydrogen-bond acceptors (Lipinski definition) is 8. The first kappa shape index (κ1) is 21.9. The van der Waals surface area contributed by atoms with Crippen molar-refractivity contribution in [1.29, 1.82) is 0 Å². The molecule has 0 amide bonds. The second-order valence-corrected chi connectivity index (χ2v) is 8.63. The van der Waals surface area contributed by atoms with Gasteiger partial charge in [-0.3, -0.25) is 9.69 Å². The molecule has 1 atom stereocenters. The van der Waals surface area contributed by atoms with Crippen LogP contribution in [0.4, 0.5) is 0 Å². The molecule has 33 heavy (non-hydrogen) atoms. The van der Waals surface area contributed by atoms with E-state index in [2.05, 4.69) is 30.2 Å². The van der Waals surface area contributed by atoms with Crippen LogP contribution in [0.2, 0.25) is 10.2 Å². The molecule has 170 valence electrons. The minimum atomic E-state index is -0.0695. The number of morpholine rings is 1. The lowest BCUT2D eigenvalue weighted by Crippen LogP contribution is -2.38. The van der Waals surface area contributed by atoms with Crippen LogP contribution >= 0.6 is 23.2 Å². The maximum Gasteiger partial charge on any atom is 0.193 e. The topological polar surface area (TPSA) is 103 Å². The fourth-order valence-electron chi connectivity index (χ4n) is 3.97. The van der Waals surface area contributed by atoms with E-state index in [0.717, 1.165) is 17.8 Å². The summed E-state index contributed by atoms with van der Waals surface area (Å²) in [4.78, 5) is 25.3. The van der Waals surface area contributed by atoms with Crippen LogP contribution in [0.5, 0.6) is 0 Å². The quantitative estimate of drug-likeness (QED) is 0.409. The predicted octanol–water partition coefficient (Wildman–Crippen LogP) is 2.37. The molecule has 0 aromatic carbocycles. The molecule has 5 rings (SSSR count). The Morgan fingerprint density at radius 3 is 2.73 bits per heavy atom. The van der Waals surface area contributed by atoms with Crippen LogP contribution in [0.1, 0.15) is 22.9 Å². The van der Waals surface area contributed by atoms with Gasteiger partial charge in [-0.25, -0.2) is 14.5 Å². The van der Waals surface area contributed by atoms with E-state index < -0.39 is 0 Å². The minimum Gasteiger partial charge on any atom is -0.378 e. The second kappa shape index (κ2) is 9.14. The van der Waals surface area contributed by atoms with Gasteiger partial charge < -0.3 is 4.74 Å². The zero-order valence-corrected chi connectivity index (χ0v) is 19.2. The Hall–Kier alpha value is -2.92. The molecule has 0 radical (unpaired) electrons. The number of pyridine rings is 1. The van der Waals surface area contributed by atoms with E-state index in [1.165, 1.54) is 4.80 Å². The summed E-state index contributed by atoms with van der Waals surface area (Å²) in [5.41, 5.74) is 2.98. The van der Waals surface area contributed by atoms with Crippen LogP contribution in [0.15, 0.2) is 36.9 Å². The summed E-state index contributed by atoms with van der Waals surface area (Å²) >= 11 is 12.5. The third-order valence-corrected chi connectivity index (χ3v) is 6.02. The molecular formula is C21H20Cl2N8O2. The molecule has 1 unspecified atom stereocenters. The molecule has 4 aromatic rings. The van der Waals surface area contributed by atoms with Crippen molar-refractivity contribution in [3.05, 3.63) is 63.9 Å². The number of carbonyl (C=O) groups is 1. The number of nitrogens with zero attached hydrogens (tertiary/aromatic N) is 8. The lowest BCUT2D eigenvalue weighted by atomic mass is 9.99. The average molecular weight is 487 g/mol. The molecular weight excluding hydrogens is 467 g/mol. The van der Waals surface area contributed by atoms with E-state index in [1.807, 2.05) is 7.05 Å². The van der Waals surface area contributed by atoms with E-state index >= 15 is 0 Å². The first-order valence-electron chi connectivity index (χ1n) is 10.3. The average Bonchev–Trinajstić information content (AvgIpc) is 3.44. The lowest BCUT2D eigenvalue weighted by molar-refractivity contribution is -0.117.